The lowest BCUT2D eigenvalue weighted by Crippen LogP contribution is -2.50. The molecule has 12 heteroatoms. The fourth-order valence-corrected chi connectivity index (χ4v) is 7.91. The lowest BCUT2D eigenvalue weighted by Gasteiger charge is -2.40. The van der Waals surface area contributed by atoms with E-state index in [4.69, 9.17) is 39.5 Å². The van der Waals surface area contributed by atoms with Crippen LogP contribution in [0.2, 0.25) is 14.4 Å². The minimum atomic E-state index is -3.76. The van der Waals surface area contributed by atoms with Crippen LogP contribution in [0, 0.1) is 6.92 Å². The third-order valence-corrected chi connectivity index (χ3v) is 11.0. The Morgan fingerprint density at radius 1 is 1.03 bits per heavy atom. The Balaban J connectivity index is 1.53. The van der Waals surface area contributed by atoms with Crippen LogP contribution in [0.15, 0.2) is 58.8 Å². The fourth-order valence-electron chi connectivity index (χ4n) is 4.36. The highest BCUT2D eigenvalue weighted by molar-refractivity contribution is 7.91. The van der Waals surface area contributed by atoms with Crippen molar-refractivity contribution in [2.75, 3.05) is 18.4 Å². The van der Waals surface area contributed by atoms with Crippen molar-refractivity contribution >= 4 is 73.7 Å². The number of benzene rings is 2. The van der Waals surface area contributed by atoms with Gasteiger partial charge in [-0.1, -0.05) is 71.2 Å². The number of carbonyl (C=O) groups is 2. The number of halogens is 3. The summed E-state index contributed by atoms with van der Waals surface area (Å²) in [4.78, 5) is 26.6. The van der Waals surface area contributed by atoms with Gasteiger partial charge in [0.25, 0.3) is 15.9 Å². The number of hydrogen-bond donors (Lipinski definition) is 1. The molecule has 202 valence electrons. The van der Waals surface area contributed by atoms with Gasteiger partial charge in [-0.25, -0.2) is 8.42 Å². The molecule has 0 aliphatic carbocycles. The summed E-state index contributed by atoms with van der Waals surface area (Å²) in [5, 5.41) is 3.20. The molecule has 1 atom stereocenters. The van der Waals surface area contributed by atoms with E-state index in [1.54, 1.807) is 31.2 Å². The van der Waals surface area contributed by atoms with Crippen LogP contribution in [-0.4, -0.2) is 43.8 Å². The number of hydrogen-bond acceptors (Lipinski definition) is 6. The van der Waals surface area contributed by atoms with E-state index in [0.29, 0.717) is 14.9 Å². The van der Waals surface area contributed by atoms with Gasteiger partial charge in [0, 0.05) is 13.1 Å². The minimum absolute atomic E-state index is 0.0942. The van der Waals surface area contributed by atoms with Gasteiger partial charge in [0.2, 0.25) is 0 Å². The third-order valence-electron chi connectivity index (χ3n) is 6.62. The van der Waals surface area contributed by atoms with Gasteiger partial charge in [-0.05, 0) is 56.0 Å². The summed E-state index contributed by atoms with van der Waals surface area (Å²) in [6, 6.07) is 15.4. The highest BCUT2D eigenvalue weighted by Gasteiger charge is 2.47. The van der Waals surface area contributed by atoms with Crippen LogP contribution < -0.4 is 5.32 Å². The van der Waals surface area contributed by atoms with E-state index in [0.717, 1.165) is 16.9 Å². The summed E-state index contributed by atoms with van der Waals surface area (Å²) in [5.41, 5.74) is 0.531. The standard InChI is InChI=1S/C26H25Cl3N2O5S2/c1-16-8-9-19(27)23(22(16)29)30-24(32)17(2)36-25(33)26(18-6-4-3-5-7-18)12-14-31(15-13-26)38(34,35)21-11-10-20(28)37-21/h3-11,17H,12-15H2,1-2H3,(H,30,32). The number of piperidine rings is 1. The Hall–Kier alpha value is -2.14. The molecule has 2 heterocycles. The van der Waals surface area contributed by atoms with Gasteiger partial charge in [0.1, 0.15) is 4.21 Å². The number of nitrogens with one attached hydrogen (secondary N) is 1. The van der Waals surface area contributed by atoms with E-state index < -0.39 is 33.4 Å². The van der Waals surface area contributed by atoms with Crippen molar-refractivity contribution in [2.24, 2.45) is 0 Å². The van der Waals surface area contributed by atoms with Gasteiger partial charge in [-0.2, -0.15) is 4.31 Å². The Morgan fingerprint density at radius 3 is 2.29 bits per heavy atom. The molecular formula is C26H25Cl3N2O5S2. The molecular weight excluding hydrogens is 591 g/mol. The van der Waals surface area contributed by atoms with Gasteiger partial charge < -0.3 is 10.1 Å². The van der Waals surface area contributed by atoms with Gasteiger partial charge in [-0.3, -0.25) is 9.59 Å². The van der Waals surface area contributed by atoms with Gasteiger partial charge in [0.15, 0.2) is 6.10 Å². The van der Waals surface area contributed by atoms with Crippen molar-refractivity contribution in [1.82, 2.24) is 4.31 Å². The highest BCUT2D eigenvalue weighted by atomic mass is 35.5. The maximum Gasteiger partial charge on any atom is 0.317 e. The molecule has 4 rings (SSSR count). The number of aryl methyl sites for hydroxylation is 1. The summed E-state index contributed by atoms with van der Waals surface area (Å²) in [5.74, 6) is -1.20. The third kappa shape index (κ3) is 5.73. The summed E-state index contributed by atoms with van der Waals surface area (Å²) < 4.78 is 33.8. The number of amides is 1. The normalized spacial score (nSPS) is 16.6. The average molecular weight is 616 g/mol. The molecule has 1 saturated heterocycles. The van der Waals surface area contributed by atoms with E-state index in [2.05, 4.69) is 5.32 Å². The molecule has 3 aromatic rings. The highest BCUT2D eigenvalue weighted by Crippen LogP contribution is 2.40. The predicted molar refractivity (Wildman–Crippen MR) is 151 cm³/mol. The summed E-state index contributed by atoms with van der Waals surface area (Å²) in [6.07, 6.45) is -0.804. The zero-order valence-corrected chi connectivity index (χ0v) is 24.4. The van der Waals surface area contributed by atoms with E-state index >= 15 is 0 Å². The molecule has 0 spiro atoms. The second kappa shape index (κ2) is 11.5. The van der Waals surface area contributed by atoms with E-state index in [-0.39, 0.29) is 40.9 Å². The number of thiophene rings is 1. The molecule has 38 heavy (non-hydrogen) atoms. The van der Waals surface area contributed by atoms with Crippen molar-refractivity contribution in [3.63, 3.8) is 0 Å². The van der Waals surface area contributed by atoms with E-state index in [9.17, 15) is 18.0 Å². The van der Waals surface area contributed by atoms with Crippen molar-refractivity contribution in [1.29, 1.82) is 0 Å². The topological polar surface area (TPSA) is 92.8 Å². The summed E-state index contributed by atoms with van der Waals surface area (Å²) >= 11 is 19.5. The number of carbonyl (C=O) groups excluding carboxylic acids is 2. The average Bonchev–Trinajstić information content (AvgIpc) is 3.36. The van der Waals surface area contributed by atoms with Gasteiger partial charge in [0.05, 0.1) is 25.5 Å². The fraction of sp³-hybridized carbons (Fsp3) is 0.308. The molecule has 1 aromatic heterocycles. The zero-order valence-electron chi connectivity index (χ0n) is 20.5. The first-order chi connectivity index (χ1) is 18.0. The van der Waals surface area contributed by atoms with Crippen molar-refractivity contribution in [2.45, 2.75) is 42.4 Å². The number of nitrogens with zero attached hydrogens (tertiary/aromatic N) is 1. The molecule has 1 N–H and O–H groups in total. The number of rotatable bonds is 7. The maximum absolute atomic E-state index is 13.7. The first-order valence-electron chi connectivity index (χ1n) is 11.7. The second-order valence-electron chi connectivity index (χ2n) is 9.00. The summed E-state index contributed by atoms with van der Waals surface area (Å²) in [6.45, 7) is 3.43. The van der Waals surface area contributed by atoms with Crippen LogP contribution in [0.5, 0.6) is 0 Å². The quantitative estimate of drug-likeness (QED) is 0.315. The maximum atomic E-state index is 13.7. The molecule has 0 radical (unpaired) electrons. The Labute approximate surface area is 240 Å². The second-order valence-corrected chi connectivity index (χ2v) is 13.7. The molecule has 0 bridgehead atoms. The summed E-state index contributed by atoms with van der Waals surface area (Å²) in [7, 11) is -3.76. The van der Waals surface area contributed by atoms with Crippen LogP contribution in [0.4, 0.5) is 5.69 Å². The van der Waals surface area contributed by atoms with Crippen molar-refractivity contribution < 1.29 is 22.7 Å². The molecule has 1 aliphatic heterocycles. The SMILES string of the molecule is Cc1ccc(Cl)c(NC(=O)C(C)OC(=O)C2(c3ccccc3)CCN(S(=O)(=O)c3ccc(Cl)s3)CC2)c1Cl. The molecule has 1 unspecified atom stereocenters. The smallest absolute Gasteiger partial charge is 0.317 e. The molecule has 0 saturated carbocycles. The number of anilines is 1. The van der Waals surface area contributed by atoms with Crippen molar-refractivity contribution in [3.05, 3.63) is 80.1 Å². The van der Waals surface area contributed by atoms with E-state index in [1.807, 2.05) is 18.2 Å². The lowest BCUT2D eigenvalue weighted by atomic mass is 9.73. The number of esters is 1. The molecule has 2 aromatic carbocycles. The van der Waals surface area contributed by atoms with E-state index in [1.165, 1.54) is 23.4 Å². The van der Waals surface area contributed by atoms with Crippen LogP contribution in [0.25, 0.3) is 0 Å². The Morgan fingerprint density at radius 2 is 1.68 bits per heavy atom. The lowest BCUT2D eigenvalue weighted by molar-refractivity contribution is -0.160. The molecule has 1 amide bonds. The Bertz CT molecular complexity index is 1450. The van der Waals surface area contributed by atoms with Crippen molar-refractivity contribution in [3.8, 4) is 0 Å². The molecule has 7 nitrogen and oxygen atoms in total. The first-order valence-corrected chi connectivity index (χ1v) is 15.1. The van der Waals surface area contributed by atoms with Gasteiger partial charge >= 0.3 is 5.97 Å². The predicted octanol–water partition coefficient (Wildman–Crippen LogP) is 6.31. The first kappa shape index (κ1) is 28.9. The van der Waals surface area contributed by atoms with Crippen LogP contribution in [0.3, 0.4) is 0 Å². The minimum Gasteiger partial charge on any atom is -0.452 e. The Kier molecular flexibility index (Phi) is 8.76. The monoisotopic (exact) mass is 614 g/mol. The number of ether oxygens (including phenoxy) is 1. The van der Waals surface area contributed by atoms with Gasteiger partial charge in [-0.15, -0.1) is 11.3 Å². The van der Waals surface area contributed by atoms with Crippen LogP contribution in [0.1, 0.15) is 30.9 Å². The van der Waals surface area contributed by atoms with Crippen LogP contribution in [-0.2, 0) is 29.8 Å². The molecule has 1 aliphatic rings. The zero-order chi connectivity index (χ0) is 27.7. The largest absolute Gasteiger partial charge is 0.452 e. The van der Waals surface area contributed by atoms with Crippen LogP contribution >= 0.6 is 46.1 Å². The number of sulfonamides is 1. The molecule has 1 fully saturated rings.